The van der Waals surface area contributed by atoms with E-state index in [-0.39, 0.29) is 5.57 Å². The standard InChI is InChI=1S/C17H16N2O2/c1-11-5-4-6-16(7-11)19-17(20)15(10-18)9-14-8-12(2)21-13(14)3/h4-9H,1-3H3,(H,19,20)/b15-9-. The molecule has 0 saturated heterocycles. The van der Waals surface area contributed by atoms with E-state index >= 15 is 0 Å². The quantitative estimate of drug-likeness (QED) is 0.687. The van der Waals surface area contributed by atoms with Crippen LogP contribution in [0, 0.1) is 32.1 Å². The highest BCUT2D eigenvalue weighted by molar-refractivity contribution is 6.09. The van der Waals surface area contributed by atoms with Crippen LogP contribution in [0.3, 0.4) is 0 Å². The van der Waals surface area contributed by atoms with Gasteiger partial charge in [0.25, 0.3) is 5.91 Å². The summed E-state index contributed by atoms with van der Waals surface area (Å²) >= 11 is 0. The van der Waals surface area contributed by atoms with E-state index in [0.29, 0.717) is 11.4 Å². The Morgan fingerprint density at radius 1 is 1.29 bits per heavy atom. The van der Waals surface area contributed by atoms with Crippen molar-refractivity contribution in [3.05, 3.63) is 58.6 Å². The SMILES string of the molecule is Cc1cccc(NC(=O)/C(C#N)=C\c2cc(C)oc2C)c1. The number of carbonyl (C=O) groups excluding carboxylic acids is 1. The Bertz CT molecular complexity index is 748. The van der Waals surface area contributed by atoms with Gasteiger partial charge in [0.15, 0.2) is 0 Å². The van der Waals surface area contributed by atoms with Gasteiger partial charge in [0, 0.05) is 11.3 Å². The van der Waals surface area contributed by atoms with Crippen molar-refractivity contribution in [1.82, 2.24) is 0 Å². The van der Waals surface area contributed by atoms with E-state index < -0.39 is 5.91 Å². The van der Waals surface area contributed by atoms with Crippen molar-refractivity contribution in [2.75, 3.05) is 5.32 Å². The molecule has 0 spiro atoms. The average molecular weight is 280 g/mol. The summed E-state index contributed by atoms with van der Waals surface area (Å²) < 4.78 is 5.39. The highest BCUT2D eigenvalue weighted by Crippen LogP contribution is 2.18. The van der Waals surface area contributed by atoms with Gasteiger partial charge in [-0.25, -0.2) is 0 Å². The monoisotopic (exact) mass is 280 g/mol. The molecule has 21 heavy (non-hydrogen) atoms. The molecular formula is C17H16N2O2. The zero-order chi connectivity index (χ0) is 15.4. The van der Waals surface area contributed by atoms with E-state index in [0.717, 1.165) is 16.9 Å². The van der Waals surface area contributed by atoms with Gasteiger partial charge in [0.2, 0.25) is 0 Å². The Balaban J connectivity index is 2.23. The molecule has 0 fully saturated rings. The number of amides is 1. The topological polar surface area (TPSA) is 66.0 Å². The molecule has 0 radical (unpaired) electrons. The van der Waals surface area contributed by atoms with E-state index in [1.54, 1.807) is 19.1 Å². The molecule has 106 valence electrons. The number of nitrogens with zero attached hydrogens (tertiary/aromatic N) is 1. The van der Waals surface area contributed by atoms with Crippen molar-refractivity contribution in [1.29, 1.82) is 5.26 Å². The van der Waals surface area contributed by atoms with Crippen LogP contribution < -0.4 is 5.32 Å². The molecule has 0 bridgehead atoms. The maximum Gasteiger partial charge on any atom is 0.266 e. The minimum Gasteiger partial charge on any atom is -0.466 e. The lowest BCUT2D eigenvalue weighted by Crippen LogP contribution is -2.13. The molecule has 0 atom stereocenters. The summed E-state index contributed by atoms with van der Waals surface area (Å²) in [6, 6.07) is 11.1. The van der Waals surface area contributed by atoms with E-state index in [1.807, 2.05) is 38.1 Å². The van der Waals surface area contributed by atoms with Crippen LogP contribution in [0.4, 0.5) is 5.69 Å². The summed E-state index contributed by atoms with van der Waals surface area (Å²) in [5, 5.41) is 11.9. The van der Waals surface area contributed by atoms with Crippen molar-refractivity contribution in [3.63, 3.8) is 0 Å². The van der Waals surface area contributed by atoms with E-state index in [1.165, 1.54) is 6.08 Å². The van der Waals surface area contributed by atoms with Crippen LogP contribution in [0.15, 0.2) is 40.3 Å². The minimum absolute atomic E-state index is 0.0420. The van der Waals surface area contributed by atoms with E-state index in [9.17, 15) is 10.1 Å². The Morgan fingerprint density at radius 2 is 2.05 bits per heavy atom. The fourth-order valence-corrected chi connectivity index (χ4v) is 2.02. The van der Waals surface area contributed by atoms with Crippen molar-refractivity contribution in [2.24, 2.45) is 0 Å². The molecule has 1 aromatic heterocycles. The molecule has 4 nitrogen and oxygen atoms in total. The zero-order valence-corrected chi connectivity index (χ0v) is 12.2. The van der Waals surface area contributed by atoms with Crippen LogP contribution in [-0.4, -0.2) is 5.91 Å². The highest BCUT2D eigenvalue weighted by Gasteiger charge is 2.11. The first-order valence-electron chi connectivity index (χ1n) is 6.56. The first-order valence-corrected chi connectivity index (χ1v) is 6.56. The van der Waals surface area contributed by atoms with Gasteiger partial charge in [0.1, 0.15) is 23.2 Å². The fourth-order valence-electron chi connectivity index (χ4n) is 2.02. The second kappa shape index (κ2) is 6.10. The van der Waals surface area contributed by atoms with Gasteiger partial charge in [-0.2, -0.15) is 5.26 Å². The van der Waals surface area contributed by atoms with Crippen molar-refractivity contribution < 1.29 is 9.21 Å². The van der Waals surface area contributed by atoms with Crippen LogP contribution in [0.1, 0.15) is 22.6 Å². The lowest BCUT2D eigenvalue weighted by atomic mass is 10.1. The number of nitrogens with one attached hydrogen (secondary N) is 1. The Labute approximate surface area is 123 Å². The number of furan rings is 1. The van der Waals surface area contributed by atoms with Crippen molar-refractivity contribution >= 4 is 17.7 Å². The van der Waals surface area contributed by atoms with Gasteiger partial charge in [-0.3, -0.25) is 4.79 Å². The summed E-state index contributed by atoms with van der Waals surface area (Å²) in [4.78, 5) is 12.1. The number of benzene rings is 1. The molecule has 2 aromatic rings. The fraction of sp³-hybridized carbons (Fsp3) is 0.176. The van der Waals surface area contributed by atoms with Gasteiger partial charge >= 0.3 is 0 Å². The molecule has 1 heterocycles. The number of nitriles is 1. The number of rotatable bonds is 3. The molecule has 0 aliphatic heterocycles. The van der Waals surface area contributed by atoms with Crippen LogP contribution in [0.2, 0.25) is 0 Å². The molecular weight excluding hydrogens is 264 g/mol. The lowest BCUT2D eigenvalue weighted by Gasteiger charge is -2.04. The van der Waals surface area contributed by atoms with Crippen molar-refractivity contribution in [2.45, 2.75) is 20.8 Å². The summed E-state index contributed by atoms with van der Waals surface area (Å²) in [7, 11) is 0. The van der Waals surface area contributed by atoms with Crippen molar-refractivity contribution in [3.8, 4) is 6.07 Å². The summed E-state index contributed by atoms with van der Waals surface area (Å²) in [6.07, 6.45) is 1.54. The predicted molar refractivity (Wildman–Crippen MR) is 81.6 cm³/mol. The maximum atomic E-state index is 12.1. The average Bonchev–Trinajstić information content (AvgIpc) is 2.74. The smallest absolute Gasteiger partial charge is 0.266 e. The van der Waals surface area contributed by atoms with E-state index in [4.69, 9.17) is 4.42 Å². The maximum absolute atomic E-state index is 12.1. The predicted octanol–water partition coefficient (Wildman–Crippen LogP) is 3.75. The molecule has 2 rings (SSSR count). The first kappa shape index (κ1) is 14.6. The number of carbonyl (C=O) groups is 1. The third-order valence-electron chi connectivity index (χ3n) is 3.02. The largest absolute Gasteiger partial charge is 0.466 e. The normalized spacial score (nSPS) is 11.0. The number of hydrogen-bond donors (Lipinski definition) is 1. The zero-order valence-electron chi connectivity index (χ0n) is 12.2. The molecule has 4 heteroatoms. The van der Waals surface area contributed by atoms with Crippen LogP contribution in [-0.2, 0) is 4.79 Å². The van der Waals surface area contributed by atoms with E-state index in [2.05, 4.69) is 5.32 Å². The van der Waals surface area contributed by atoms with Gasteiger partial charge in [-0.15, -0.1) is 0 Å². The highest BCUT2D eigenvalue weighted by atomic mass is 16.3. The number of hydrogen-bond acceptors (Lipinski definition) is 3. The van der Waals surface area contributed by atoms with Crippen LogP contribution in [0.25, 0.3) is 6.08 Å². The Hall–Kier alpha value is -2.80. The molecule has 1 N–H and O–H groups in total. The summed E-state index contributed by atoms with van der Waals surface area (Å²) in [5.74, 6) is 1.00. The Morgan fingerprint density at radius 3 is 2.62 bits per heavy atom. The third-order valence-corrected chi connectivity index (χ3v) is 3.02. The molecule has 0 saturated carbocycles. The second-order valence-corrected chi connectivity index (χ2v) is 4.86. The number of aryl methyl sites for hydroxylation is 3. The van der Waals surface area contributed by atoms with Gasteiger partial charge < -0.3 is 9.73 Å². The first-order chi connectivity index (χ1) is 9.99. The minimum atomic E-state index is -0.429. The molecule has 0 aliphatic rings. The Kier molecular flexibility index (Phi) is 4.24. The molecule has 0 unspecified atom stereocenters. The molecule has 0 aliphatic carbocycles. The molecule has 1 aromatic carbocycles. The lowest BCUT2D eigenvalue weighted by molar-refractivity contribution is -0.112. The second-order valence-electron chi connectivity index (χ2n) is 4.86. The number of anilines is 1. The van der Waals surface area contributed by atoms with Gasteiger partial charge in [0.05, 0.1) is 0 Å². The van der Waals surface area contributed by atoms with Gasteiger partial charge in [-0.05, 0) is 50.6 Å². The third kappa shape index (κ3) is 3.61. The summed E-state index contributed by atoms with van der Waals surface area (Å²) in [5.41, 5.74) is 2.49. The molecule has 1 amide bonds. The summed E-state index contributed by atoms with van der Waals surface area (Å²) in [6.45, 7) is 5.56. The van der Waals surface area contributed by atoms with Crippen LogP contribution >= 0.6 is 0 Å². The van der Waals surface area contributed by atoms with Gasteiger partial charge in [-0.1, -0.05) is 12.1 Å². The van der Waals surface area contributed by atoms with Crippen LogP contribution in [0.5, 0.6) is 0 Å².